The minimum Gasteiger partial charge on any atom is -0.338 e. The Balaban J connectivity index is 2.08. The second kappa shape index (κ2) is 5.53. The molecule has 1 saturated heterocycles. The number of nitrogens with two attached hydrogens (primary N) is 1. The molecule has 1 atom stereocenters. The average Bonchev–Trinajstić information content (AvgIpc) is 2.72. The van der Waals surface area contributed by atoms with Crippen molar-refractivity contribution >= 4 is 5.91 Å². The minimum atomic E-state index is 0.278. The van der Waals surface area contributed by atoms with Gasteiger partial charge in [0.2, 0.25) is 5.91 Å². The third kappa shape index (κ3) is 2.72. The van der Waals surface area contributed by atoms with E-state index in [0.717, 1.165) is 12.1 Å². The number of benzene rings is 1. The van der Waals surface area contributed by atoms with Crippen LogP contribution in [0.25, 0.3) is 0 Å². The van der Waals surface area contributed by atoms with E-state index < -0.39 is 0 Å². The number of nitrogens with zero attached hydrogens (tertiary/aromatic N) is 1. The van der Waals surface area contributed by atoms with E-state index in [2.05, 4.69) is 19.9 Å². The minimum absolute atomic E-state index is 0.278. The van der Waals surface area contributed by atoms with Crippen LogP contribution in [0.5, 0.6) is 0 Å². The summed E-state index contributed by atoms with van der Waals surface area (Å²) < 4.78 is 0. The molecule has 1 aromatic carbocycles. The molecule has 0 radical (unpaired) electrons. The Bertz CT molecular complexity index is 428. The van der Waals surface area contributed by atoms with Crippen molar-refractivity contribution in [2.75, 3.05) is 6.54 Å². The van der Waals surface area contributed by atoms with E-state index in [9.17, 15) is 4.79 Å². The normalized spacial score (nSPS) is 19.9. The van der Waals surface area contributed by atoms with Crippen molar-refractivity contribution in [3.8, 4) is 0 Å². The average molecular weight is 246 g/mol. The van der Waals surface area contributed by atoms with Gasteiger partial charge in [-0.25, -0.2) is 0 Å². The summed E-state index contributed by atoms with van der Waals surface area (Å²) in [5.41, 5.74) is 8.05. The molecule has 1 aromatic rings. The first-order valence-corrected chi connectivity index (χ1v) is 6.66. The Morgan fingerprint density at radius 1 is 1.33 bits per heavy atom. The van der Waals surface area contributed by atoms with Gasteiger partial charge in [-0.1, -0.05) is 38.1 Å². The maximum atomic E-state index is 12.0. The molecule has 0 bridgehead atoms. The molecule has 0 spiro atoms. The monoisotopic (exact) mass is 246 g/mol. The first kappa shape index (κ1) is 13.1. The predicted octanol–water partition coefficient (Wildman–Crippen LogP) is 2.15. The summed E-state index contributed by atoms with van der Waals surface area (Å²) in [6, 6.07) is 8.11. The molecule has 2 N–H and O–H groups in total. The molecule has 98 valence electrons. The van der Waals surface area contributed by atoms with Crippen LogP contribution in [0.2, 0.25) is 0 Å². The van der Waals surface area contributed by atoms with E-state index in [0.29, 0.717) is 31.3 Å². The second-order valence-electron chi connectivity index (χ2n) is 5.46. The number of carbonyl (C=O) groups is 1. The maximum absolute atomic E-state index is 12.0. The third-order valence-corrected chi connectivity index (χ3v) is 3.89. The molecule has 3 heteroatoms. The van der Waals surface area contributed by atoms with Crippen LogP contribution in [0, 0.1) is 11.8 Å². The van der Waals surface area contributed by atoms with Gasteiger partial charge in [0.25, 0.3) is 0 Å². The Morgan fingerprint density at radius 3 is 2.56 bits per heavy atom. The van der Waals surface area contributed by atoms with Crippen molar-refractivity contribution < 1.29 is 4.79 Å². The molecule has 0 aliphatic carbocycles. The fraction of sp³-hybridized carbons (Fsp3) is 0.533. The van der Waals surface area contributed by atoms with Crippen molar-refractivity contribution in [3.05, 3.63) is 35.4 Å². The number of amides is 1. The van der Waals surface area contributed by atoms with Crippen LogP contribution in [-0.4, -0.2) is 17.4 Å². The molecule has 1 fully saturated rings. The van der Waals surface area contributed by atoms with E-state index in [1.807, 2.05) is 23.1 Å². The molecule has 3 nitrogen and oxygen atoms in total. The fourth-order valence-electron chi connectivity index (χ4n) is 2.52. The Morgan fingerprint density at radius 2 is 2.00 bits per heavy atom. The topological polar surface area (TPSA) is 46.3 Å². The number of hydrogen-bond acceptors (Lipinski definition) is 2. The zero-order valence-electron chi connectivity index (χ0n) is 11.2. The lowest BCUT2D eigenvalue weighted by Crippen LogP contribution is -2.26. The van der Waals surface area contributed by atoms with Crippen molar-refractivity contribution in [3.63, 3.8) is 0 Å². The Kier molecular flexibility index (Phi) is 4.02. The van der Waals surface area contributed by atoms with E-state index in [1.165, 1.54) is 5.56 Å². The number of hydrogen-bond donors (Lipinski definition) is 1. The van der Waals surface area contributed by atoms with Gasteiger partial charge in [-0.05, 0) is 23.0 Å². The zero-order valence-corrected chi connectivity index (χ0v) is 11.2. The van der Waals surface area contributed by atoms with Gasteiger partial charge in [0.1, 0.15) is 0 Å². The van der Waals surface area contributed by atoms with E-state index in [1.54, 1.807) is 0 Å². The molecule has 1 aliphatic rings. The second-order valence-corrected chi connectivity index (χ2v) is 5.46. The highest BCUT2D eigenvalue weighted by Crippen LogP contribution is 2.26. The van der Waals surface area contributed by atoms with Gasteiger partial charge in [0, 0.05) is 26.1 Å². The van der Waals surface area contributed by atoms with Gasteiger partial charge >= 0.3 is 0 Å². The van der Waals surface area contributed by atoms with Crippen LogP contribution < -0.4 is 5.73 Å². The van der Waals surface area contributed by atoms with E-state index >= 15 is 0 Å². The van der Waals surface area contributed by atoms with Crippen LogP contribution in [0.15, 0.2) is 24.3 Å². The number of carbonyl (C=O) groups excluding carboxylic acids is 1. The van der Waals surface area contributed by atoms with Gasteiger partial charge < -0.3 is 10.6 Å². The number of likely N-dealkylation sites (tertiary alicyclic amines) is 1. The molecular weight excluding hydrogens is 224 g/mol. The van der Waals surface area contributed by atoms with E-state index in [-0.39, 0.29) is 5.91 Å². The molecule has 18 heavy (non-hydrogen) atoms. The summed E-state index contributed by atoms with van der Waals surface area (Å²) in [6.07, 6.45) is 0.697. The summed E-state index contributed by atoms with van der Waals surface area (Å²) >= 11 is 0. The predicted molar refractivity (Wildman–Crippen MR) is 72.7 cm³/mol. The number of rotatable bonds is 4. The summed E-state index contributed by atoms with van der Waals surface area (Å²) in [4.78, 5) is 14.0. The smallest absolute Gasteiger partial charge is 0.223 e. The molecule has 1 heterocycles. The Hall–Kier alpha value is -1.35. The third-order valence-electron chi connectivity index (χ3n) is 3.89. The SMILES string of the molecule is CC(C)C1CC(=O)N(Cc2ccccc2CN)C1. The maximum Gasteiger partial charge on any atom is 0.223 e. The quantitative estimate of drug-likeness (QED) is 0.885. The molecule has 1 unspecified atom stereocenters. The van der Waals surface area contributed by atoms with Crippen LogP contribution in [0.1, 0.15) is 31.4 Å². The largest absolute Gasteiger partial charge is 0.338 e. The first-order chi connectivity index (χ1) is 8.61. The van der Waals surface area contributed by atoms with Gasteiger partial charge in [0.05, 0.1) is 0 Å². The van der Waals surface area contributed by atoms with Crippen molar-refractivity contribution in [2.24, 2.45) is 17.6 Å². The van der Waals surface area contributed by atoms with Crippen molar-refractivity contribution in [1.82, 2.24) is 4.90 Å². The highest BCUT2D eigenvalue weighted by atomic mass is 16.2. The van der Waals surface area contributed by atoms with Crippen LogP contribution >= 0.6 is 0 Å². The van der Waals surface area contributed by atoms with Gasteiger partial charge in [-0.2, -0.15) is 0 Å². The first-order valence-electron chi connectivity index (χ1n) is 6.66. The molecule has 2 rings (SSSR count). The summed E-state index contributed by atoms with van der Waals surface area (Å²) in [5, 5.41) is 0. The van der Waals surface area contributed by atoms with Crippen LogP contribution in [0.3, 0.4) is 0 Å². The lowest BCUT2D eigenvalue weighted by atomic mass is 9.95. The standard InChI is InChI=1S/C15H22N2O/c1-11(2)14-7-15(18)17(10-14)9-13-6-4-3-5-12(13)8-16/h3-6,11,14H,7-10,16H2,1-2H3. The summed E-state index contributed by atoms with van der Waals surface area (Å²) in [6.45, 7) is 6.50. The van der Waals surface area contributed by atoms with Crippen molar-refractivity contribution in [1.29, 1.82) is 0 Å². The van der Waals surface area contributed by atoms with Gasteiger partial charge in [-0.3, -0.25) is 4.79 Å². The molecule has 0 saturated carbocycles. The highest BCUT2D eigenvalue weighted by molar-refractivity contribution is 5.78. The summed E-state index contributed by atoms with van der Waals surface area (Å²) in [7, 11) is 0. The molecule has 0 aromatic heterocycles. The van der Waals surface area contributed by atoms with Crippen LogP contribution in [0.4, 0.5) is 0 Å². The zero-order chi connectivity index (χ0) is 13.1. The molecular formula is C15H22N2O. The lowest BCUT2D eigenvalue weighted by molar-refractivity contribution is -0.128. The van der Waals surface area contributed by atoms with Crippen molar-refractivity contribution in [2.45, 2.75) is 33.4 Å². The van der Waals surface area contributed by atoms with Crippen LogP contribution in [-0.2, 0) is 17.9 Å². The fourth-order valence-corrected chi connectivity index (χ4v) is 2.52. The molecule has 1 amide bonds. The van der Waals surface area contributed by atoms with Gasteiger partial charge in [-0.15, -0.1) is 0 Å². The van der Waals surface area contributed by atoms with E-state index in [4.69, 9.17) is 5.73 Å². The summed E-state index contributed by atoms with van der Waals surface area (Å²) in [5.74, 6) is 1.35. The molecule has 1 aliphatic heterocycles. The lowest BCUT2D eigenvalue weighted by Gasteiger charge is -2.19. The Labute approximate surface area is 109 Å². The highest BCUT2D eigenvalue weighted by Gasteiger charge is 2.31. The van der Waals surface area contributed by atoms with Gasteiger partial charge in [0.15, 0.2) is 0 Å².